The number of benzene rings is 1. The summed E-state index contributed by atoms with van der Waals surface area (Å²) in [5.41, 5.74) is 2.36. The molecule has 1 aromatic carbocycles. The fourth-order valence-electron chi connectivity index (χ4n) is 3.29. The lowest BCUT2D eigenvalue weighted by Gasteiger charge is -2.33. The van der Waals surface area contributed by atoms with Gasteiger partial charge in [-0.25, -0.2) is 8.42 Å². The third-order valence-electron chi connectivity index (χ3n) is 4.70. The van der Waals surface area contributed by atoms with E-state index in [4.69, 9.17) is 4.74 Å². The van der Waals surface area contributed by atoms with Crippen LogP contribution in [0, 0.1) is 0 Å². The number of rotatable bonds is 4. The monoisotopic (exact) mass is 366 g/mol. The molecule has 0 spiro atoms. The van der Waals surface area contributed by atoms with E-state index < -0.39 is 16.0 Å². The fraction of sp³-hybridized carbons (Fsp3) is 0.529. The van der Waals surface area contributed by atoms with E-state index in [9.17, 15) is 18.0 Å². The maximum Gasteiger partial charge on any atom is 0.303 e. The average molecular weight is 366 g/mol. The van der Waals surface area contributed by atoms with Crippen LogP contribution in [0.3, 0.4) is 0 Å². The Morgan fingerprint density at radius 1 is 1.08 bits per heavy atom. The van der Waals surface area contributed by atoms with Crippen LogP contribution in [-0.4, -0.2) is 62.3 Å². The van der Waals surface area contributed by atoms with Gasteiger partial charge in [-0.2, -0.15) is 4.31 Å². The van der Waals surface area contributed by atoms with E-state index in [1.54, 1.807) is 12.1 Å². The summed E-state index contributed by atoms with van der Waals surface area (Å²) in [6, 6.07) is 5.38. The largest absolute Gasteiger partial charge is 0.456 e. The molecule has 8 heteroatoms. The summed E-state index contributed by atoms with van der Waals surface area (Å²) in [7, 11) is -3.55. The third kappa shape index (κ3) is 3.85. The molecule has 1 aliphatic carbocycles. The van der Waals surface area contributed by atoms with Crippen LogP contribution in [-0.2, 0) is 37.2 Å². The summed E-state index contributed by atoms with van der Waals surface area (Å²) < 4.78 is 31.8. The number of esters is 1. The molecule has 0 unspecified atom stereocenters. The first kappa shape index (κ1) is 17.9. The van der Waals surface area contributed by atoms with Gasteiger partial charge in [0.2, 0.25) is 10.0 Å². The van der Waals surface area contributed by atoms with Crippen LogP contribution in [0.2, 0.25) is 0 Å². The number of carbonyl (C=O) groups is 2. The van der Waals surface area contributed by atoms with Gasteiger partial charge in [-0.05, 0) is 42.5 Å². The third-order valence-corrected chi connectivity index (χ3v) is 6.59. The molecule has 0 N–H and O–H groups in total. The number of ether oxygens (including phenoxy) is 1. The van der Waals surface area contributed by atoms with Gasteiger partial charge in [0.15, 0.2) is 6.61 Å². The van der Waals surface area contributed by atoms with Crippen LogP contribution in [0.4, 0.5) is 0 Å². The van der Waals surface area contributed by atoms with Crippen molar-refractivity contribution in [3.8, 4) is 0 Å². The summed E-state index contributed by atoms with van der Waals surface area (Å²) in [5.74, 6) is -0.809. The molecule has 0 radical (unpaired) electrons. The molecule has 0 saturated carbocycles. The number of nitrogens with zero attached hydrogens (tertiary/aromatic N) is 2. The van der Waals surface area contributed by atoms with Crippen LogP contribution >= 0.6 is 0 Å². The summed E-state index contributed by atoms with van der Waals surface area (Å²) in [4.78, 5) is 24.6. The maximum absolute atomic E-state index is 12.8. The van der Waals surface area contributed by atoms with Crippen LogP contribution in [0.25, 0.3) is 0 Å². The van der Waals surface area contributed by atoms with E-state index in [0.717, 1.165) is 24.8 Å². The summed E-state index contributed by atoms with van der Waals surface area (Å²) in [6.07, 6.45) is 3.01. The number of hydrogen-bond donors (Lipinski definition) is 0. The highest BCUT2D eigenvalue weighted by molar-refractivity contribution is 7.89. The molecular formula is C17H22N2O5S. The highest BCUT2D eigenvalue weighted by Crippen LogP contribution is 2.26. The van der Waals surface area contributed by atoms with E-state index in [1.165, 1.54) is 21.7 Å². The molecule has 1 aromatic rings. The van der Waals surface area contributed by atoms with Crippen molar-refractivity contribution in [3.63, 3.8) is 0 Å². The number of sulfonamides is 1. The van der Waals surface area contributed by atoms with E-state index >= 15 is 0 Å². The van der Waals surface area contributed by atoms with Gasteiger partial charge < -0.3 is 9.64 Å². The minimum Gasteiger partial charge on any atom is -0.456 e. The molecule has 7 nitrogen and oxygen atoms in total. The van der Waals surface area contributed by atoms with Crippen LogP contribution in [0.1, 0.15) is 24.5 Å². The van der Waals surface area contributed by atoms with E-state index in [0.29, 0.717) is 18.0 Å². The Morgan fingerprint density at radius 2 is 1.76 bits per heavy atom. The maximum atomic E-state index is 12.8. The molecule has 1 saturated heterocycles. The number of piperazine rings is 1. The molecule has 0 aromatic heterocycles. The first-order chi connectivity index (χ1) is 11.9. The molecule has 136 valence electrons. The standard InChI is InChI=1S/C17H22N2O5S/c1-13(20)24-12-17(21)18-7-9-19(10-8-18)25(22,23)16-6-5-14-3-2-4-15(14)11-16/h5-6,11H,2-4,7-10,12H2,1H3. The zero-order valence-corrected chi connectivity index (χ0v) is 15.0. The summed E-state index contributed by atoms with van der Waals surface area (Å²) in [6.45, 7) is 2.02. The van der Waals surface area contributed by atoms with Crippen LogP contribution in [0.15, 0.2) is 23.1 Å². The molecule has 2 aliphatic rings. The Kier molecular flexibility index (Phi) is 5.10. The molecule has 3 rings (SSSR count). The Balaban J connectivity index is 1.64. The number of aryl methyl sites for hydroxylation is 2. The first-order valence-corrected chi connectivity index (χ1v) is 9.85. The minimum atomic E-state index is -3.55. The first-order valence-electron chi connectivity index (χ1n) is 8.41. The van der Waals surface area contributed by atoms with E-state index in [-0.39, 0.29) is 25.6 Å². The number of hydrogen-bond acceptors (Lipinski definition) is 5. The van der Waals surface area contributed by atoms with Crippen molar-refractivity contribution in [2.75, 3.05) is 32.8 Å². The molecule has 1 fully saturated rings. The molecule has 1 heterocycles. The van der Waals surface area contributed by atoms with Crippen molar-refractivity contribution in [1.82, 2.24) is 9.21 Å². The van der Waals surface area contributed by atoms with Gasteiger partial charge in [-0.1, -0.05) is 6.07 Å². The van der Waals surface area contributed by atoms with Gasteiger partial charge in [0.25, 0.3) is 5.91 Å². The van der Waals surface area contributed by atoms with Gasteiger partial charge in [-0.3, -0.25) is 9.59 Å². The van der Waals surface area contributed by atoms with E-state index in [2.05, 4.69) is 0 Å². The predicted molar refractivity (Wildman–Crippen MR) is 90.4 cm³/mol. The Hall–Kier alpha value is -1.93. The second-order valence-electron chi connectivity index (χ2n) is 6.35. The van der Waals surface area contributed by atoms with Gasteiger partial charge in [-0.15, -0.1) is 0 Å². The van der Waals surface area contributed by atoms with Crippen molar-refractivity contribution < 1.29 is 22.7 Å². The smallest absolute Gasteiger partial charge is 0.303 e. The fourth-order valence-corrected chi connectivity index (χ4v) is 4.76. The van der Waals surface area contributed by atoms with Gasteiger partial charge >= 0.3 is 5.97 Å². The molecule has 0 atom stereocenters. The van der Waals surface area contributed by atoms with Crippen molar-refractivity contribution in [3.05, 3.63) is 29.3 Å². The van der Waals surface area contributed by atoms with Crippen molar-refractivity contribution in [2.45, 2.75) is 31.1 Å². The van der Waals surface area contributed by atoms with Crippen molar-refractivity contribution in [2.24, 2.45) is 0 Å². The lowest BCUT2D eigenvalue weighted by atomic mass is 10.1. The number of amides is 1. The Bertz CT molecular complexity index is 782. The molecule has 0 bridgehead atoms. The zero-order chi connectivity index (χ0) is 18.0. The quantitative estimate of drug-likeness (QED) is 0.728. The SMILES string of the molecule is CC(=O)OCC(=O)N1CCN(S(=O)(=O)c2ccc3c(c2)CCC3)CC1. The molecule has 1 aliphatic heterocycles. The minimum absolute atomic E-state index is 0.241. The number of carbonyl (C=O) groups excluding carboxylic acids is 2. The highest BCUT2D eigenvalue weighted by Gasteiger charge is 2.31. The predicted octanol–water partition coefficient (Wildman–Crippen LogP) is 0.571. The average Bonchev–Trinajstić information content (AvgIpc) is 3.07. The lowest BCUT2D eigenvalue weighted by Crippen LogP contribution is -2.51. The van der Waals surface area contributed by atoms with Gasteiger partial charge in [0.05, 0.1) is 4.90 Å². The lowest BCUT2D eigenvalue weighted by molar-refractivity contribution is -0.150. The summed E-state index contributed by atoms with van der Waals surface area (Å²) >= 11 is 0. The molecule has 1 amide bonds. The normalized spacial score (nSPS) is 18.0. The highest BCUT2D eigenvalue weighted by atomic mass is 32.2. The molecule has 25 heavy (non-hydrogen) atoms. The Labute approximate surface area is 147 Å². The van der Waals surface area contributed by atoms with Crippen LogP contribution < -0.4 is 0 Å². The van der Waals surface area contributed by atoms with Crippen LogP contribution in [0.5, 0.6) is 0 Å². The topological polar surface area (TPSA) is 84.0 Å². The second-order valence-corrected chi connectivity index (χ2v) is 8.29. The number of fused-ring (bicyclic) bond motifs is 1. The van der Waals surface area contributed by atoms with Gasteiger partial charge in [0, 0.05) is 33.1 Å². The van der Waals surface area contributed by atoms with Gasteiger partial charge in [0.1, 0.15) is 0 Å². The second kappa shape index (κ2) is 7.13. The van der Waals surface area contributed by atoms with Crippen molar-refractivity contribution in [1.29, 1.82) is 0 Å². The molecular weight excluding hydrogens is 344 g/mol. The Morgan fingerprint density at radius 3 is 2.44 bits per heavy atom. The van der Waals surface area contributed by atoms with E-state index in [1.807, 2.05) is 6.07 Å². The summed E-state index contributed by atoms with van der Waals surface area (Å²) in [5, 5.41) is 0. The van der Waals surface area contributed by atoms with Crippen molar-refractivity contribution >= 4 is 21.9 Å². The zero-order valence-electron chi connectivity index (χ0n) is 14.2.